The van der Waals surface area contributed by atoms with E-state index in [-0.39, 0.29) is 6.10 Å². The lowest BCUT2D eigenvalue weighted by molar-refractivity contribution is 0.168. The molecule has 0 bridgehead atoms. The second-order valence-electron chi connectivity index (χ2n) is 5.15. The summed E-state index contributed by atoms with van der Waals surface area (Å²) in [5.41, 5.74) is 2.27. The molecule has 0 saturated carbocycles. The van der Waals surface area contributed by atoms with Gasteiger partial charge in [0.2, 0.25) is 0 Å². The predicted molar refractivity (Wildman–Crippen MR) is 83.7 cm³/mol. The van der Waals surface area contributed by atoms with Crippen LogP contribution in [0.15, 0.2) is 72.8 Å². The molecule has 0 aliphatic heterocycles. The van der Waals surface area contributed by atoms with Gasteiger partial charge < -0.3 is 5.11 Å². The van der Waals surface area contributed by atoms with Crippen LogP contribution < -0.4 is 0 Å². The number of aryl methyl sites for hydroxylation is 1. The van der Waals surface area contributed by atoms with Gasteiger partial charge in [-0.1, -0.05) is 72.8 Å². The van der Waals surface area contributed by atoms with Gasteiger partial charge in [0.25, 0.3) is 0 Å². The summed E-state index contributed by atoms with van der Waals surface area (Å²) in [4.78, 5) is 0. The van der Waals surface area contributed by atoms with Gasteiger partial charge >= 0.3 is 0 Å². The summed E-state index contributed by atoms with van der Waals surface area (Å²) >= 11 is 0. The number of hydrogen-bond acceptors (Lipinski definition) is 1. The zero-order valence-electron chi connectivity index (χ0n) is 11.4. The van der Waals surface area contributed by atoms with Gasteiger partial charge in [0.05, 0.1) is 6.10 Å². The van der Waals surface area contributed by atoms with E-state index in [9.17, 15) is 5.11 Å². The molecule has 0 fully saturated rings. The normalized spacial score (nSPS) is 12.4. The van der Waals surface area contributed by atoms with Crippen LogP contribution in [0.1, 0.15) is 23.7 Å². The number of benzene rings is 3. The van der Waals surface area contributed by atoms with Crippen molar-refractivity contribution in [3.63, 3.8) is 0 Å². The van der Waals surface area contributed by atoms with Crippen LogP contribution in [0.3, 0.4) is 0 Å². The standard InChI is InChI=1S/C19H18O/c20-19(17-7-2-1-3-8-17)13-11-15-10-12-16-6-4-5-9-18(16)14-15/h1-10,12,14,19-20H,11,13H2. The van der Waals surface area contributed by atoms with E-state index >= 15 is 0 Å². The highest BCUT2D eigenvalue weighted by Crippen LogP contribution is 2.21. The molecule has 3 rings (SSSR count). The smallest absolute Gasteiger partial charge is 0.0793 e. The number of aliphatic hydroxyl groups excluding tert-OH is 1. The Morgan fingerprint density at radius 3 is 2.25 bits per heavy atom. The largest absolute Gasteiger partial charge is 0.388 e. The summed E-state index contributed by atoms with van der Waals surface area (Å²) in [7, 11) is 0. The van der Waals surface area contributed by atoms with Gasteiger partial charge in [-0.25, -0.2) is 0 Å². The Balaban J connectivity index is 1.70. The van der Waals surface area contributed by atoms with Crippen molar-refractivity contribution in [1.29, 1.82) is 0 Å². The highest BCUT2D eigenvalue weighted by atomic mass is 16.3. The maximum absolute atomic E-state index is 10.2. The number of fused-ring (bicyclic) bond motifs is 1. The van der Waals surface area contributed by atoms with Crippen LogP contribution in [0, 0.1) is 0 Å². The first-order valence-electron chi connectivity index (χ1n) is 7.03. The van der Waals surface area contributed by atoms with Crippen molar-refractivity contribution in [2.24, 2.45) is 0 Å². The van der Waals surface area contributed by atoms with Gasteiger partial charge in [-0.3, -0.25) is 0 Å². The number of rotatable bonds is 4. The second kappa shape index (κ2) is 5.89. The predicted octanol–water partition coefficient (Wildman–Crippen LogP) is 4.51. The Morgan fingerprint density at radius 1 is 0.750 bits per heavy atom. The molecule has 0 aliphatic rings. The van der Waals surface area contributed by atoms with Gasteiger partial charge in [-0.15, -0.1) is 0 Å². The molecule has 1 unspecified atom stereocenters. The summed E-state index contributed by atoms with van der Waals surface area (Å²) < 4.78 is 0. The van der Waals surface area contributed by atoms with E-state index in [0.29, 0.717) is 0 Å². The molecular formula is C19H18O. The van der Waals surface area contributed by atoms with Gasteiger partial charge in [-0.05, 0) is 34.7 Å². The molecule has 3 aromatic rings. The third kappa shape index (κ3) is 2.89. The number of aliphatic hydroxyl groups is 1. The van der Waals surface area contributed by atoms with Crippen molar-refractivity contribution in [2.45, 2.75) is 18.9 Å². The van der Waals surface area contributed by atoms with Crippen LogP contribution in [0.4, 0.5) is 0 Å². The van der Waals surface area contributed by atoms with Crippen molar-refractivity contribution in [3.05, 3.63) is 83.9 Å². The Labute approximate surface area is 119 Å². The third-order valence-electron chi connectivity index (χ3n) is 3.70. The maximum Gasteiger partial charge on any atom is 0.0793 e. The minimum absolute atomic E-state index is 0.386. The maximum atomic E-state index is 10.2. The van der Waals surface area contributed by atoms with Crippen LogP contribution in [0.2, 0.25) is 0 Å². The second-order valence-corrected chi connectivity index (χ2v) is 5.15. The molecule has 0 aliphatic carbocycles. The van der Waals surface area contributed by atoms with E-state index < -0.39 is 0 Å². The average molecular weight is 262 g/mol. The van der Waals surface area contributed by atoms with E-state index in [1.54, 1.807) is 0 Å². The molecule has 0 amide bonds. The fraction of sp³-hybridized carbons (Fsp3) is 0.158. The van der Waals surface area contributed by atoms with E-state index in [4.69, 9.17) is 0 Å². The first-order chi connectivity index (χ1) is 9.83. The SMILES string of the molecule is OC(CCc1ccc2ccccc2c1)c1ccccc1. The third-order valence-corrected chi connectivity index (χ3v) is 3.70. The molecule has 3 aromatic carbocycles. The molecule has 1 N–H and O–H groups in total. The Morgan fingerprint density at radius 2 is 1.45 bits per heavy atom. The average Bonchev–Trinajstić information content (AvgIpc) is 2.53. The van der Waals surface area contributed by atoms with Gasteiger partial charge in [0.15, 0.2) is 0 Å². The van der Waals surface area contributed by atoms with Gasteiger partial charge in [0, 0.05) is 0 Å². The molecule has 1 heteroatoms. The molecular weight excluding hydrogens is 244 g/mol. The molecule has 1 nitrogen and oxygen atoms in total. The van der Waals surface area contributed by atoms with Crippen molar-refractivity contribution in [2.75, 3.05) is 0 Å². The van der Waals surface area contributed by atoms with Crippen LogP contribution in [0.5, 0.6) is 0 Å². The lowest BCUT2D eigenvalue weighted by Gasteiger charge is -2.11. The summed E-state index contributed by atoms with van der Waals surface area (Å²) in [6.07, 6.45) is 1.26. The van der Waals surface area contributed by atoms with Crippen molar-refractivity contribution >= 4 is 10.8 Å². The summed E-state index contributed by atoms with van der Waals surface area (Å²) in [5, 5.41) is 12.7. The van der Waals surface area contributed by atoms with Gasteiger partial charge in [-0.2, -0.15) is 0 Å². The van der Waals surface area contributed by atoms with Gasteiger partial charge in [0.1, 0.15) is 0 Å². The minimum atomic E-state index is -0.386. The molecule has 0 aromatic heterocycles. The zero-order valence-corrected chi connectivity index (χ0v) is 11.4. The molecule has 1 atom stereocenters. The molecule has 0 radical (unpaired) electrons. The first-order valence-corrected chi connectivity index (χ1v) is 7.03. The van der Waals surface area contributed by atoms with Crippen LogP contribution in [-0.2, 0) is 6.42 Å². The van der Waals surface area contributed by atoms with E-state index in [1.807, 2.05) is 30.3 Å². The lowest BCUT2D eigenvalue weighted by atomic mass is 9.99. The molecule has 20 heavy (non-hydrogen) atoms. The van der Waals surface area contributed by atoms with Crippen molar-refractivity contribution < 1.29 is 5.11 Å². The minimum Gasteiger partial charge on any atom is -0.388 e. The molecule has 0 saturated heterocycles. The summed E-state index contributed by atoms with van der Waals surface area (Å²) in [6, 6.07) is 24.8. The fourth-order valence-electron chi connectivity index (χ4n) is 2.54. The molecule has 0 spiro atoms. The van der Waals surface area contributed by atoms with E-state index in [1.165, 1.54) is 16.3 Å². The van der Waals surface area contributed by atoms with Crippen LogP contribution >= 0.6 is 0 Å². The van der Waals surface area contributed by atoms with Crippen molar-refractivity contribution in [1.82, 2.24) is 0 Å². The van der Waals surface area contributed by atoms with E-state index in [0.717, 1.165) is 18.4 Å². The van der Waals surface area contributed by atoms with Crippen LogP contribution in [-0.4, -0.2) is 5.11 Å². The Kier molecular flexibility index (Phi) is 3.80. The van der Waals surface area contributed by atoms with Crippen LogP contribution in [0.25, 0.3) is 10.8 Å². The fourth-order valence-corrected chi connectivity index (χ4v) is 2.54. The highest BCUT2D eigenvalue weighted by Gasteiger charge is 2.07. The zero-order chi connectivity index (χ0) is 13.8. The summed E-state index contributed by atoms with van der Waals surface area (Å²) in [5.74, 6) is 0. The van der Waals surface area contributed by atoms with E-state index in [2.05, 4.69) is 42.5 Å². The quantitative estimate of drug-likeness (QED) is 0.733. The number of hydrogen-bond donors (Lipinski definition) is 1. The lowest BCUT2D eigenvalue weighted by Crippen LogP contribution is -1.99. The highest BCUT2D eigenvalue weighted by molar-refractivity contribution is 5.82. The monoisotopic (exact) mass is 262 g/mol. The molecule has 100 valence electrons. The first kappa shape index (κ1) is 12.9. The Hall–Kier alpha value is -2.12. The Bertz CT molecular complexity index is 688. The molecule has 0 heterocycles. The summed E-state index contributed by atoms with van der Waals surface area (Å²) in [6.45, 7) is 0. The van der Waals surface area contributed by atoms with Crippen molar-refractivity contribution in [3.8, 4) is 0 Å². The topological polar surface area (TPSA) is 20.2 Å².